The normalized spacial score (nSPS) is 25.3. The fourth-order valence-corrected chi connectivity index (χ4v) is 8.47. The number of ether oxygens (including phenoxy) is 1. The van der Waals surface area contributed by atoms with Gasteiger partial charge in [-0.1, -0.05) is 49.6 Å². The number of hydrogen-bond donors (Lipinski definition) is 0. The van der Waals surface area contributed by atoms with E-state index in [0.717, 1.165) is 62.2 Å². The van der Waals surface area contributed by atoms with Gasteiger partial charge in [0.2, 0.25) is 5.91 Å². The van der Waals surface area contributed by atoms with Crippen LogP contribution in [-0.2, 0) is 27.3 Å². The van der Waals surface area contributed by atoms with E-state index in [-0.39, 0.29) is 23.9 Å². The third-order valence-electron chi connectivity index (χ3n) is 10.6. The Kier molecular flexibility index (Phi) is 9.32. The van der Waals surface area contributed by atoms with E-state index in [4.69, 9.17) is 9.72 Å². The van der Waals surface area contributed by atoms with Crippen LogP contribution >= 0.6 is 0 Å². The summed E-state index contributed by atoms with van der Waals surface area (Å²) in [6.07, 6.45) is 16.0. The van der Waals surface area contributed by atoms with Crippen LogP contribution in [-0.4, -0.2) is 62.5 Å². The summed E-state index contributed by atoms with van der Waals surface area (Å²) in [5.41, 5.74) is 3.59. The summed E-state index contributed by atoms with van der Waals surface area (Å²) < 4.78 is 8.57. The van der Waals surface area contributed by atoms with Gasteiger partial charge in [0.05, 0.1) is 18.2 Å². The van der Waals surface area contributed by atoms with E-state index in [0.29, 0.717) is 24.7 Å². The Balaban J connectivity index is 0.999. The maximum Gasteiger partial charge on any atom is 0.313 e. The molecule has 7 heteroatoms. The predicted octanol–water partition coefficient (Wildman–Crippen LogP) is 6.48. The number of esters is 1. The van der Waals surface area contributed by atoms with Gasteiger partial charge >= 0.3 is 5.97 Å². The molecular weight excluding hydrogens is 524 g/mol. The number of unbranched alkanes of at least 4 members (excludes halogenated alkanes) is 2. The number of benzene rings is 1. The first-order valence-corrected chi connectivity index (χ1v) is 16.8. The van der Waals surface area contributed by atoms with Crippen LogP contribution in [0.4, 0.5) is 0 Å². The second-order valence-corrected chi connectivity index (χ2v) is 13.4. The van der Waals surface area contributed by atoms with Crippen molar-refractivity contribution in [2.75, 3.05) is 13.1 Å². The van der Waals surface area contributed by atoms with E-state index < -0.39 is 0 Å². The van der Waals surface area contributed by atoms with E-state index in [1.54, 1.807) is 6.92 Å². The molecule has 2 saturated heterocycles. The first-order chi connectivity index (χ1) is 20.5. The Hall–Kier alpha value is -2.67. The Morgan fingerprint density at radius 3 is 2.40 bits per heavy atom. The number of amides is 1. The number of aromatic nitrogens is 2. The molecule has 0 spiro atoms. The summed E-state index contributed by atoms with van der Waals surface area (Å²) in [7, 11) is 0. The fraction of sp³-hybridized carbons (Fsp3) is 0.686. The quantitative estimate of drug-likeness (QED) is 0.240. The van der Waals surface area contributed by atoms with E-state index in [2.05, 4.69) is 28.5 Å². The molecule has 0 radical (unpaired) electrons. The third-order valence-corrected chi connectivity index (χ3v) is 10.6. The highest BCUT2D eigenvalue weighted by Gasteiger charge is 2.42. The summed E-state index contributed by atoms with van der Waals surface area (Å²) in [6, 6.07) is 12.1. The molecule has 2 bridgehead atoms. The second-order valence-electron chi connectivity index (χ2n) is 13.4. The third kappa shape index (κ3) is 6.46. The van der Waals surface area contributed by atoms with Gasteiger partial charge in [0.1, 0.15) is 11.9 Å². The Morgan fingerprint density at radius 2 is 1.69 bits per heavy atom. The number of rotatable bonds is 10. The smallest absolute Gasteiger partial charge is 0.313 e. The van der Waals surface area contributed by atoms with Gasteiger partial charge in [-0.25, -0.2) is 4.98 Å². The van der Waals surface area contributed by atoms with E-state index >= 15 is 0 Å². The topological polar surface area (TPSA) is 67.7 Å². The number of carbonyl (C=O) groups is 2. The molecule has 0 N–H and O–H groups in total. The molecule has 3 fully saturated rings. The average Bonchev–Trinajstić information content (AvgIpc) is 3.45. The van der Waals surface area contributed by atoms with Gasteiger partial charge in [-0.3, -0.25) is 14.5 Å². The zero-order valence-electron chi connectivity index (χ0n) is 25.8. The minimum atomic E-state index is -0.146. The van der Waals surface area contributed by atoms with Gasteiger partial charge in [-0.05, 0) is 83.2 Å². The first-order valence-electron chi connectivity index (χ1n) is 16.8. The van der Waals surface area contributed by atoms with Crippen LogP contribution in [0.1, 0.15) is 125 Å². The van der Waals surface area contributed by atoms with Crippen molar-refractivity contribution in [3.05, 3.63) is 53.1 Å². The van der Waals surface area contributed by atoms with Crippen molar-refractivity contribution >= 4 is 11.9 Å². The zero-order valence-corrected chi connectivity index (χ0v) is 25.8. The summed E-state index contributed by atoms with van der Waals surface area (Å²) in [5, 5.41) is 0. The molecule has 3 aliphatic heterocycles. The van der Waals surface area contributed by atoms with Gasteiger partial charge < -0.3 is 14.2 Å². The van der Waals surface area contributed by atoms with E-state index in [9.17, 15) is 9.59 Å². The molecule has 1 aliphatic carbocycles. The second kappa shape index (κ2) is 13.3. The highest BCUT2D eigenvalue weighted by Crippen LogP contribution is 2.42. The number of fused-ring (bicyclic) bond motifs is 3. The maximum atomic E-state index is 13.3. The molecule has 4 heterocycles. The number of nitrogens with zero attached hydrogens (tertiary/aromatic N) is 4. The predicted molar refractivity (Wildman–Crippen MR) is 164 cm³/mol. The Bertz CT molecular complexity index is 1210. The lowest BCUT2D eigenvalue weighted by atomic mass is 9.92. The van der Waals surface area contributed by atoms with E-state index in [1.165, 1.54) is 63.6 Å². The standard InChI is InChI=1S/C35H50N4O3/c1-25-36-33-24-37(26(2)40)21-19-34(33)39(25)30-22-28-17-18-29(23-30)38(28)20-11-5-10-16-32(27-12-6-3-7-13-27)35(41)42-31-14-8-4-9-15-31/h3,6-7,12-13,28-32H,4-5,8-11,14-24H2,1-2H3/t28-,29?,30?,32?/m1/s1. The zero-order chi connectivity index (χ0) is 29.1. The summed E-state index contributed by atoms with van der Waals surface area (Å²) in [6.45, 7) is 6.45. The summed E-state index contributed by atoms with van der Waals surface area (Å²) >= 11 is 0. The van der Waals surface area contributed by atoms with Crippen molar-refractivity contribution in [3.63, 3.8) is 0 Å². The molecule has 4 aliphatic rings. The average molecular weight is 575 g/mol. The molecule has 3 unspecified atom stereocenters. The molecule has 42 heavy (non-hydrogen) atoms. The van der Waals surface area contributed by atoms with Crippen molar-refractivity contribution in [1.82, 2.24) is 19.4 Å². The largest absolute Gasteiger partial charge is 0.462 e. The van der Waals surface area contributed by atoms with Crippen LogP contribution < -0.4 is 0 Å². The molecule has 1 amide bonds. The van der Waals surface area contributed by atoms with Crippen molar-refractivity contribution in [3.8, 4) is 0 Å². The van der Waals surface area contributed by atoms with Gasteiger partial charge in [0, 0.05) is 43.7 Å². The minimum Gasteiger partial charge on any atom is -0.462 e. The molecule has 4 atom stereocenters. The number of carbonyl (C=O) groups excluding carboxylic acids is 2. The molecule has 228 valence electrons. The molecule has 1 aromatic carbocycles. The lowest BCUT2D eigenvalue weighted by Gasteiger charge is -2.40. The summed E-state index contributed by atoms with van der Waals surface area (Å²) in [4.78, 5) is 34.8. The number of hydrogen-bond acceptors (Lipinski definition) is 5. The Labute approximate surface area is 252 Å². The number of aryl methyl sites for hydroxylation is 1. The SMILES string of the molecule is CC(=O)N1CCc2c(nc(C)n2C2CC3CC[C@H](C2)N3CCCCCC(C(=O)OC2CCCCC2)c2ccccc2)C1. The van der Waals surface area contributed by atoms with Crippen LogP contribution in [0.5, 0.6) is 0 Å². The minimum absolute atomic E-state index is 0.0146. The molecule has 1 saturated carbocycles. The van der Waals surface area contributed by atoms with Gasteiger partial charge in [0.25, 0.3) is 0 Å². The summed E-state index contributed by atoms with van der Waals surface area (Å²) in [5.74, 6) is 1.11. The molecule has 6 rings (SSSR count). The van der Waals surface area contributed by atoms with Crippen molar-refractivity contribution in [2.24, 2.45) is 0 Å². The Morgan fingerprint density at radius 1 is 0.952 bits per heavy atom. The monoisotopic (exact) mass is 574 g/mol. The molecular formula is C35H50N4O3. The van der Waals surface area contributed by atoms with Crippen LogP contribution in [0.3, 0.4) is 0 Å². The van der Waals surface area contributed by atoms with Gasteiger partial charge in [-0.15, -0.1) is 0 Å². The fourth-order valence-electron chi connectivity index (χ4n) is 8.47. The highest BCUT2D eigenvalue weighted by atomic mass is 16.5. The lowest BCUT2D eigenvalue weighted by Crippen LogP contribution is -2.44. The van der Waals surface area contributed by atoms with Crippen molar-refractivity contribution in [1.29, 1.82) is 0 Å². The van der Waals surface area contributed by atoms with Gasteiger partial charge in [0.15, 0.2) is 0 Å². The number of imidazole rings is 1. The molecule has 7 nitrogen and oxygen atoms in total. The van der Waals surface area contributed by atoms with Gasteiger partial charge in [-0.2, -0.15) is 0 Å². The number of piperidine rings is 1. The first kappa shape index (κ1) is 29.4. The molecule has 1 aromatic heterocycles. The maximum absolute atomic E-state index is 13.3. The lowest BCUT2D eigenvalue weighted by molar-refractivity contribution is -0.152. The van der Waals surface area contributed by atoms with Crippen molar-refractivity contribution < 1.29 is 14.3 Å². The van der Waals surface area contributed by atoms with Crippen molar-refractivity contribution in [2.45, 2.75) is 140 Å². The molecule has 2 aromatic rings. The van der Waals surface area contributed by atoms with Crippen LogP contribution in [0.2, 0.25) is 0 Å². The van der Waals surface area contributed by atoms with Crippen LogP contribution in [0, 0.1) is 6.92 Å². The van der Waals surface area contributed by atoms with E-state index in [1.807, 2.05) is 23.1 Å². The van der Waals surface area contributed by atoms with Crippen LogP contribution in [0.25, 0.3) is 0 Å². The highest BCUT2D eigenvalue weighted by molar-refractivity contribution is 5.78. The van der Waals surface area contributed by atoms with Crippen LogP contribution in [0.15, 0.2) is 30.3 Å².